The average Bonchev–Trinajstić information content (AvgIpc) is 2.57. The standard InChI is InChI=1S/C19H18F3NO3/c1-23(2)8-7-12-3-5-14(6-4-12)26-18-15(20)9-13(10-16(18)21)11-17(22)19(24)25/h3-6,9-11H,7-8H2,1-2H3,(H,24,25)/b17-11+. The van der Waals surface area contributed by atoms with Crippen LogP contribution in [0.5, 0.6) is 11.5 Å². The molecule has 0 saturated heterocycles. The number of ether oxygens (including phenoxy) is 1. The summed E-state index contributed by atoms with van der Waals surface area (Å²) in [6, 6.07) is 8.39. The molecule has 0 aliphatic rings. The van der Waals surface area contributed by atoms with Crippen LogP contribution in [0, 0.1) is 11.6 Å². The van der Waals surface area contributed by atoms with E-state index in [4.69, 9.17) is 9.84 Å². The van der Waals surface area contributed by atoms with E-state index in [-0.39, 0.29) is 11.3 Å². The van der Waals surface area contributed by atoms with Gasteiger partial charge in [0.2, 0.25) is 5.83 Å². The van der Waals surface area contributed by atoms with Crippen molar-refractivity contribution in [3.05, 3.63) is 65.0 Å². The Kier molecular flexibility index (Phi) is 6.41. The third-order valence-corrected chi connectivity index (χ3v) is 3.51. The molecule has 0 spiro atoms. The van der Waals surface area contributed by atoms with Crippen LogP contribution in [0.15, 0.2) is 42.2 Å². The van der Waals surface area contributed by atoms with Crippen LogP contribution < -0.4 is 4.74 Å². The zero-order valence-electron chi connectivity index (χ0n) is 14.3. The van der Waals surface area contributed by atoms with E-state index in [9.17, 15) is 18.0 Å². The highest BCUT2D eigenvalue weighted by molar-refractivity contribution is 5.89. The second kappa shape index (κ2) is 8.53. The third kappa shape index (κ3) is 5.35. The summed E-state index contributed by atoms with van der Waals surface area (Å²) in [7, 11) is 3.93. The van der Waals surface area contributed by atoms with Crippen LogP contribution in [0.4, 0.5) is 13.2 Å². The van der Waals surface area contributed by atoms with E-state index >= 15 is 0 Å². The first-order valence-corrected chi connectivity index (χ1v) is 7.77. The number of likely N-dealkylation sites (N-methyl/N-ethyl adjacent to an activating group) is 1. The first-order chi connectivity index (χ1) is 12.3. The largest absolute Gasteiger partial charge is 0.476 e. The monoisotopic (exact) mass is 365 g/mol. The Morgan fingerprint density at radius 3 is 2.23 bits per heavy atom. The number of halogens is 3. The summed E-state index contributed by atoms with van der Waals surface area (Å²) in [5.74, 6) is -5.86. The van der Waals surface area contributed by atoms with E-state index in [2.05, 4.69) is 0 Å². The van der Waals surface area contributed by atoms with Gasteiger partial charge < -0.3 is 14.7 Å². The quantitative estimate of drug-likeness (QED) is 0.745. The van der Waals surface area contributed by atoms with Gasteiger partial charge in [-0.1, -0.05) is 12.1 Å². The number of aliphatic carboxylic acids is 1. The number of carbonyl (C=O) groups is 1. The van der Waals surface area contributed by atoms with E-state index in [0.29, 0.717) is 6.08 Å². The van der Waals surface area contributed by atoms with Gasteiger partial charge in [0.15, 0.2) is 17.4 Å². The van der Waals surface area contributed by atoms with Crippen LogP contribution >= 0.6 is 0 Å². The van der Waals surface area contributed by atoms with Crippen molar-refractivity contribution in [2.75, 3.05) is 20.6 Å². The Morgan fingerprint density at radius 1 is 1.15 bits per heavy atom. The Labute approximate surface area is 149 Å². The molecule has 0 atom stereocenters. The van der Waals surface area contributed by atoms with Crippen LogP contribution in [-0.4, -0.2) is 36.6 Å². The number of benzene rings is 2. The minimum Gasteiger partial charge on any atom is -0.476 e. The first-order valence-electron chi connectivity index (χ1n) is 7.77. The molecule has 1 N–H and O–H groups in total. The zero-order chi connectivity index (χ0) is 19.3. The Morgan fingerprint density at radius 2 is 1.73 bits per heavy atom. The van der Waals surface area contributed by atoms with Gasteiger partial charge in [-0.05, 0) is 62.0 Å². The fraction of sp³-hybridized carbons (Fsp3) is 0.211. The van der Waals surface area contributed by atoms with Gasteiger partial charge in [0.05, 0.1) is 0 Å². The molecule has 2 aromatic rings. The van der Waals surface area contributed by atoms with E-state index in [1.807, 2.05) is 19.0 Å². The predicted molar refractivity (Wildman–Crippen MR) is 91.9 cm³/mol. The van der Waals surface area contributed by atoms with Gasteiger partial charge in [0, 0.05) is 6.54 Å². The van der Waals surface area contributed by atoms with Gasteiger partial charge in [-0.25, -0.2) is 13.6 Å². The van der Waals surface area contributed by atoms with E-state index < -0.39 is 29.2 Å². The number of rotatable bonds is 7. The molecule has 2 rings (SSSR count). The lowest BCUT2D eigenvalue weighted by atomic mass is 10.1. The second-order valence-electron chi connectivity index (χ2n) is 5.91. The lowest BCUT2D eigenvalue weighted by molar-refractivity contribution is -0.134. The van der Waals surface area contributed by atoms with Crippen molar-refractivity contribution in [3.63, 3.8) is 0 Å². The van der Waals surface area contributed by atoms with E-state index in [1.54, 1.807) is 24.3 Å². The van der Waals surface area contributed by atoms with E-state index in [1.165, 1.54) is 0 Å². The van der Waals surface area contributed by atoms with Crippen molar-refractivity contribution in [1.29, 1.82) is 0 Å². The molecule has 2 aromatic carbocycles. The lowest BCUT2D eigenvalue weighted by Gasteiger charge is -2.11. The first kappa shape index (κ1) is 19.5. The van der Waals surface area contributed by atoms with Gasteiger partial charge in [-0.3, -0.25) is 0 Å². The van der Waals surface area contributed by atoms with Gasteiger partial charge in [0.25, 0.3) is 0 Å². The number of carboxylic acids is 1. The van der Waals surface area contributed by atoms with Crippen molar-refractivity contribution in [2.24, 2.45) is 0 Å². The maximum Gasteiger partial charge on any atom is 0.364 e. The summed E-state index contributed by atoms with van der Waals surface area (Å²) < 4.78 is 46.4. The van der Waals surface area contributed by atoms with Crippen molar-refractivity contribution >= 4 is 12.0 Å². The highest BCUT2D eigenvalue weighted by Gasteiger charge is 2.15. The molecule has 0 radical (unpaired) electrons. The van der Waals surface area contributed by atoms with Crippen LogP contribution in [-0.2, 0) is 11.2 Å². The summed E-state index contributed by atoms with van der Waals surface area (Å²) in [5.41, 5.74) is 0.794. The van der Waals surface area contributed by atoms with Crippen LogP contribution in [0.25, 0.3) is 6.08 Å². The normalized spacial score (nSPS) is 11.7. The molecule has 0 heterocycles. The molecule has 0 unspecified atom stereocenters. The number of hydrogen-bond acceptors (Lipinski definition) is 3. The fourth-order valence-electron chi connectivity index (χ4n) is 2.16. The number of carboxylic acid groups (broad SMARTS) is 1. The lowest BCUT2D eigenvalue weighted by Crippen LogP contribution is -2.14. The SMILES string of the molecule is CN(C)CCc1ccc(Oc2c(F)cc(/C=C(/F)C(=O)O)cc2F)cc1. The van der Waals surface area contributed by atoms with Crippen molar-refractivity contribution in [3.8, 4) is 11.5 Å². The smallest absolute Gasteiger partial charge is 0.364 e. The molecule has 0 bridgehead atoms. The Balaban J connectivity index is 2.17. The third-order valence-electron chi connectivity index (χ3n) is 3.51. The van der Waals surface area contributed by atoms with Gasteiger partial charge in [-0.15, -0.1) is 0 Å². The molecule has 7 heteroatoms. The molecule has 138 valence electrons. The summed E-state index contributed by atoms with van der Waals surface area (Å²) in [4.78, 5) is 12.5. The maximum atomic E-state index is 14.1. The zero-order valence-corrected chi connectivity index (χ0v) is 14.3. The topological polar surface area (TPSA) is 49.8 Å². The van der Waals surface area contributed by atoms with Crippen LogP contribution in [0.3, 0.4) is 0 Å². The predicted octanol–water partition coefficient (Wildman–Crippen LogP) is 4.26. The van der Waals surface area contributed by atoms with Crippen LogP contribution in [0.1, 0.15) is 11.1 Å². The second-order valence-corrected chi connectivity index (χ2v) is 5.91. The molecule has 0 fully saturated rings. The molecule has 4 nitrogen and oxygen atoms in total. The molecule has 0 amide bonds. The molecule has 0 saturated carbocycles. The molecular weight excluding hydrogens is 347 g/mol. The highest BCUT2D eigenvalue weighted by atomic mass is 19.1. The molecule has 0 aliphatic heterocycles. The maximum absolute atomic E-state index is 14.1. The summed E-state index contributed by atoms with van der Waals surface area (Å²) in [5, 5.41) is 8.46. The van der Waals surface area contributed by atoms with Crippen molar-refractivity contribution in [1.82, 2.24) is 4.90 Å². The number of hydrogen-bond donors (Lipinski definition) is 1. The highest BCUT2D eigenvalue weighted by Crippen LogP contribution is 2.29. The molecule has 0 aliphatic carbocycles. The van der Waals surface area contributed by atoms with E-state index in [0.717, 1.165) is 30.7 Å². The van der Waals surface area contributed by atoms with Gasteiger partial charge in [0.1, 0.15) is 5.75 Å². The minimum absolute atomic E-state index is 0.247. The van der Waals surface area contributed by atoms with Crippen molar-refractivity contribution < 1.29 is 27.8 Å². The number of nitrogens with zero attached hydrogens (tertiary/aromatic N) is 1. The minimum atomic E-state index is -1.82. The fourth-order valence-corrected chi connectivity index (χ4v) is 2.16. The van der Waals surface area contributed by atoms with Gasteiger partial charge >= 0.3 is 5.97 Å². The Hall–Kier alpha value is -2.80. The van der Waals surface area contributed by atoms with Gasteiger partial charge in [-0.2, -0.15) is 4.39 Å². The molecular formula is C19H18F3NO3. The summed E-state index contributed by atoms with van der Waals surface area (Å²) >= 11 is 0. The summed E-state index contributed by atoms with van der Waals surface area (Å²) in [6.45, 7) is 0.866. The average molecular weight is 365 g/mol. The summed E-state index contributed by atoms with van der Waals surface area (Å²) in [6.07, 6.45) is 1.35. The van der Waals surface area contributed by atoms with Crippen LogP contribution in [0.2, 0.25) is 0 Å². The Bertz CT molecular complexity index is 794. The molecule has 26 heavy (non-hydrogen) atoms. The molecule has 0 aromatic heterocycles. The van der Waals surface area contributed by atoms with Crippen molar-refractivity contribution in [2.45, 2.75) is 6.42 Å².